The van der Waals surface area contributed by atoms with Gasteiger partial charge in [-0.2, -0.15) is 0 Å². The normalized spacial score (nSPS) is 26.1. The van der Waals surface area contributed by atoms with Crippen LogP contribution in [-0.4, -0.2) is 107 Å². The number of phenolic OH excluding ortho intramolecular Hbond substituents is 1. The van der Waals surface area contributed by atoms with Crippen molar-refractivity contribution < 1.29 is 28.8 Å². The quantitative estimate of drug-likeness (QED) is 0.615. The zero-order chi connectivity index (χ0) is 21.0. The van der Waals surface area contributed by atoms with Crippen LogP contribution in [0.15, 0.2) is 18.2 Å². The molecule has 0 saturated heterocycles. The number of carbonyl (C=O) groups is 1. The van der Waals surface area contributed by atoms with Crippen LogP contribution in [0.4, 0.5) is 0 Å². The third kappa shape index (κ3) is 7.50. The van der Waals surface area contributed by atoms with Crippen molar-refractivity contribution >= 4 is 5.91 Å². The molecule has 2 aliphatic rings. The van der Waals surface area contributed by atoms with E-state index in [-0.39, 0.29) is 17.2 Å². The van der Waals surface area contributed by atoms with Gasteiger partial charge in [-0.15, -0.1) is 0 Å². The van der Waals surface area contributed by atoms with Gasteiger partial charge in [-0.05, 0) is 6.07 Å². The number of hydrogen-bond donors (Lipinski definition) is 2. The van der Waals surface area contributed by atoms with Crippen LogP contribution in [0.25, 0.3) is 0 Å². The van der Waals surface area contributed by atoms with Gasteiger partial charge >= 0.3 is 0 Å². The van der Waals surface area contributed by atoms with E-state index in [1.54, 1.807) is 12.1 Å². The van der Waals surface area contributed by atoms with E-state index in [4.69, 9.17) is 18.9 Å². The van der Waals surface area contributed by atoms with Crippen LogP contribution in [0.3, 0.4) is 0 Å². The van der Waals surface area contributed by atoms with Crippen LogP contribution in [0, 0.1) is 0 Å². The Kier molecular flexibility index (Phi) is 9.81. The number of nitrogens with zero attached hydrogens (tertiary/aromatic N) is 2. The predicted octanol–water partition coefficient (Wildman–Crippen LogP) is 0.277. The molecule has 0 spiro atoms. The van der Waals surface area contributed by atoms with Gasteiger partial charge in [-0.3, -0.25) is 14.6 Å². The molecule has 0 unspecified atom stereocenters. The van der Waals surface area contributed by atoms with Gasteiger partial charge in [0.1, 0.15) is 5.75 Å². The molecule has 9 nitrogen and oxygen atoms in total. The smallest absolute Gasteiger partial charge is 0.256 e. The molecule has 0 fully saturated rings. The van der Waals surface area contributed by atoms with E-state index in [9.17, 15) is 9.90 Å². The minimum absolute atomic E-state index is 0.0219. The number of rotatable bonds is 0. The first kappa shape index (κ1) is 22.9. The summed E-state index contributed by atoms with van der Waals surface area (Å²) in [7, 11) is 0. The molecule has 0 saturated carbocycles. The average molecular weight is 424 g/mol. The molecule has 2 N–H and O–H groups in total. The highest BCUT2D eigenvalue weighted by molar-refractivity contribution is 5.97. The largest absolute Gasteiger partial charge is 0.507 e. The van der Waals surface area contributed by atoms with Gasteiger partial charge in [0.15, 0.2) is 0 Å². The zero-order valence-corrected chi connectivity index (χ0v) is 17.5. The molecule has 0 aromatic heterocycles. The van der Waals surface area contributed by atoms with Gasteiger partial charge in [0.05, 0.1) is 65.1 Å². The van der Waals surface area contributed by atoms with E-state index in [1.807, 2.05) is 6.07 Å². The second-order valence-electron chi connectivity index (χ2n) is 7.32. The second kappa shape index (κ2) is 12.8. The van der Waals surface area contributed by atoms with Crippen LogP contribution in [0.2, 0.25) is 0 Å². The van der Waals surface area contributed by atoms with Crippen molar-refractivity contribution in [3.05, 3.63) is 29.3 Å². The molecule has 3 rings (SSSR count). The Hall–Kier alpha value is -1.75. The van der Waals surface area contributed by atoms with Gasteiger partial charge in [0.25, 0.3) is 5.91 Å². The minimum Gasteiger partial charge on any atom is -0.507 e. The zero-order valence-electron chi connectivity index (χ0n) is 17.5. The summed E-state index contributed by atoms with van der Waals surface area (Å²) in [5.41, 5.74) is 0.987. The molecule has 0 atom stereocenters. The van der Waals surface area contributed by atoms with Gasteiger partial charge in [-0.25, -0.2) is 0 Å². The number of carbonyl (C=O) groups excluding carboxylic acids is 1. The summed E-state index contributed by atoms with van der Waals surface area (Å²) in [4.78, 5) is 16.9. The summed E-state index contributed by atoms with van der Waals surface area (Å²) < 4.78 is 22.8. The molecule has 0 aliphatic carbocycles. The molecule has 4 bridgehead atoms. The fourth-order valence-electron chi connectivity index (χ4n) is 3.38. The lowest BCUT2D eigenvalue weighted by molar-refractivity contribution is 0.00645. The molecule has 0 radical (unpaired) electrons. The minimum atomic E-state index is -0.298. The van der Waals surface area contributed by atoms with E-state index in [2.05, 4.69) is 15.1 Å². The third-order valence-electron chi connectivity index (χ3n) is 5.17. The number of aromatic hydroxyl groups is 1. The van der Waals surface area contributed by atoms with Gasteiger partial charge in [-0.1, -0.05) is 12.1 Å². The lowest BCUT2D eigenvalue weighted by Crippen LogP contribution is -2.41. The number of fused-ring (bicyclic) bond motifs is 4. The lowest BCUT2D eigenvalue weighted by atomic mass is 10.1. The van der Waals surface area contributed by atoms with Crippen LogP contribution in [0.1, 0.15) is 15.9 Å². The van der Waals surface area contributed by atoms with Gasteiger partial charge < -0.3 is 29.4 Å². The summed E-state index contributed by atoms with van der Waals surface area (Å²) in [6.45, 7) is 7.82. The highest BCUT2D eigenvalue weighted by Crippen LogP contribution is 2.24. The second-order valence-corrected chi connectivity index (χ2v) is 7.32. The van der Waals surface area contributed by atoms with Crippen LogP contribution in [0.5, 0.6) is 5.75 Å². The number of benzene rings is 1. The molecule has 9 heteroatoms. The molecule has 2 aliphatic heterocycles. The predicted molar refractivity (Wildman–Crippen MR) is 111 cm³/mol. The standard InChI is InChI=1S/C21H33N3O6/c25-20-18-2-1-3-19(20)21(26)22-17-24-6-10-29-14-12-27-8-4-23(16-18)5-9-28-13-15-30-11-7-24/h1-3,25H,4-17H2,(H,22,26). The topological polar surface area (TPSA) is 92.7 Å². The Morgan fingerprint density at radius 2 is 1.30 bits per heavy atom. The van der Waals surface area contributed by atoms with E-state index >= 15 is 0 Å². The van der Waals surface area contributed by atoms with Gasteiger partial charge in [0, 0.05) is 38.3 Å². The molecule has 1 aromatic carbocycles. The maximum absolute atomic E-state index is 12.7. The number of ether oxygens (including phenoxy) is 4. The van der Waals surface area contributed by atoms with E-state index in [1.165, 1.54) is 0 Å². The van der Waals surface area contributed by atoms with Crippen molar-refractivity contribution in [3.8, 4) is 5.75 Å². The highest BCUT2D eigenvalue weighted by Gasteiger charge is 2.18. The summed E-state index contributed by atoms with van der Waals surface area (Å²) in [6, 6.07) is 5.29. The maximum Gasteiger partial charge on any atom is 0.256 e. The Morgan fingerprint density at radius 1 is 0.767 bits per heavy atom. The Balaban J connectivity index is 1.82. The summed E-state index contributed by atoms with van der Waals surface area (Å²) in [6.07, 6.45) is 0. The third-order valence-corrected chi connectivity index (χ3v) is 5.17. The van der Waals surface area contributed by atoms with Crippen molar-refractivity contribution in [1.29, 1.82) is 0 Å². The van der Waals surface area contributed by atoms with Gasteiger partial charge in [0.2, 0.25) is 0 Å². The molecule has 1 aromatic rings. The highest BCUT2D eigenvalue weighted by atomic mass is 16.5. The molecular weight excluding hydrogens is 390 g/mol. The number of phenols is 1. The van der Waals surface area contributed by atoms with E-state index in [0.29, 0.717) is 97.8 Å². The van der Waals surface area contributed by atoms with E-state index in [0.717, 1.165) is 0 Å². The van der Waals surface area contributed by atoms with Crippen molar-refractivity contribution in [2.24, 2.45) is 0 Å². The number of nitrogens with one attached hydrogen (secondary N) is 1. The molecule has 168 valence electrons. The van der Waals surface area contributed by atoms with Crippen LogP contribution < -0.4 is 5.32 Å². The lowest BCUT2D eigenvalue weighted by Gasteiger charge is -2.23. The summed E-state index contributed by atoms with van der Waals surface area (Å²) >= 11 is 0. The molecule has 1 amide bonds. The van der Waals surface area contributed by atoms with Crippen molar-refractivity contribution in [1.82, 2.24) is 15.1 Å². The van der Waals surface area contributed by atoms with Crippen molar-refractivity contribution in [2.75, 3.05) is 85.7 Å². The first-order valence-corrected chi connectivity index (χ1v) is 10.6. The van der Waals surface area contributed by atoms with Crippen molar-refractivity contribution in [3.63, 3.8) is 0 Å². The molecule has 30 heavy (non-hydrogen) atoms. The molecular formula is C21H33N3O6. The summed E-state index contributed by atoms with van der Waals surface area (Å²) in [5.74, 6) is -0.276. The Morgan fingerprint density at radius 3 is 1.87 bits per heavy atom. The average Bonchev–Trinajstić information content (AvgIpc) is 2.74. The fraction of sp³-hybridized carbons (Fsp3) is 0.667. The first-order chi connectivity index (χ1) is 14.7. The maximum atomic E-state index is 12.7. The molecule has 2 heterocycles. The monoisotopic (exact) mass is 423 g/mol. The van der Waals surface area contributed by atoms with Crippen molar-refractivity contribution in [2.45, 2.75) is 6.54 Å². The number of hydrogen-bond acceptors (Lipinski definition) is 8. The number of amides is 1. The summed E-state index contributed by atoms with van der Waals surface area (Å²) in [5, 5.41) is 13.6. The van der Waals surface area contributed by atoms with Crippen LogP contribution >= 0.6 is 0 Å². The number of para-hydroxylation sites is 1. The van der Waals surface area contributed by atoms with E-state index < -0.39 is 0 Å². The Bertz CT molecular complexity index is 640. The fourth-order valence-corrected chi connectivity index (χ4v) is 3.38. The first-order valence-electron chi connectivity index (χ1n) is 10.6. The Labute approximate surface area is 177 Å². The van der Waals surface area contributed by atoms with Crippen LogP contribution in [-0.2, 0) is 25.5 Å². The SMILES string of the molecule is O=C1NCN2CCOCCOCCN(CCOCCOCC2)Cc2cccc1c2O.